The minimum absolute atomic E-state index is 0.210. The van der Waals surface area contributed by atoms with Gasteiger partial charge in [0.2, 0.25) is 5.91 Å². The van der Waals surface area contributed by atoms with Crippen molar-refractivity contribution in [3.8, 4) is 11.1 Å². The summed E-state index contributed by atoms with van der Waals surface area (Å²) < 4.78 is 33.1. The molecule has 3 aromatic carbocycles. The van der Waals surface area contributed by atoms with Crippen molar-refractivity contribution in [1.82, 2.24) is 0 Å². The van der Waals surface area contributed by atoms with Crippen molar-refractivity contribution < 1.29 is 17.8 Å². The molecule has 6 heteroatoms. The third-order valence-corrected chi connectivity index (χ3v) is 4.50. The molecule has 0 aliphatic heterocycles. The molecule has 3 rings (SSSR count). The van der Waals surface area contributed by atoms with E-state index in [1.54, 1.807) is 36.4 Å². The van der Waals surface area contributed by atoms with Crippen LogP contribution in [0.25, 0.3) is 21.9 Å². The van der Waals surface area contributed by atoms with Gasteiger partial charge in [-0.25, -0.2) is 0 Å². The number of carbonyl (C=O) groups is 1. The third kappa shape index (κ3) is 2.81. The summed E-state index contributed by atoms with van der Waals surface area (Å²) in [5.74, 6) is -0.611. The molecule has 0 saturated heterocycles. The van der Waals surface area contributed by atoms with E-state index in [0.29, 0.717) is 16.5 Å². The van der Waals surface area contributed by atoms with Gasteiger partial charge in [0.15, 0.2) is 0 Å². The van der Waals surface area contributed by atoms with E-state index in [-0.39, 0.29) is 10.5 Å². The summed E-state index contributed by atoms with van der Waals surface area (Å²) >= 11 is 0. The molecular formula is C17H13NO4S. The lowest BCUT2D eigenvalue weighted by atomic mass is 9.97. The Hall–Kier alpha value is -2.70. The maximum atomic E-state index is 11.8. The number of hydrogen-bond acceptors (Lipinski definition) is 3. The summed E-state index contributed by atoms with van der Waals surface area (Å²) in [5, 5.41) is 1.48. The van der Waals surface area contributed by atoms with E-state index in [2.05, 4.69) is 0 Å². The van der Waals surface area contributed by atoms with Crippen molar-refractivity contribution in [2.45, 2.75) is 4.90 Å². The highest BCUT2D eigenvalue weighted by Gasteiger charge is 2.19. The van der Waals surface area contributed by atoms with Crippen LogP contribution in [0.15, 0.2) is 65.6 Å². The van der Waals surface area contributed by atoms with Crippen LogP contribution in [0.2, 0.25) is 0 Å². The van der Waals surface area contributed by atoms with Crippen LogP contribution in [0.3, 0.4) is 0 Å². The number of rotatable bonds is 3. The second-order valence-corrected chi connectivity index (χ2v) is 6.47. The number of amides is 1. The SMILES string of the molecule is NC(=O)c1cccc(-c2c(S(=O)(=O)O)ccc3ccccc23)c1. The van der Waals surface area contributed by atoms with Crippen LogP contribution in [0, 0.1) is 0 Å². The molecule has 0 aromatic heterocycles. The van der Waals surface area contributed by atoms with Gasteiger partial charge in [-0.2, -0.15) is 8.42 Å². The van der Waals surface area contributed by atoms with Crippen LogP contribution in [0.5, 0.6) is 0 Å². The Bertz CT molecular complexity index is 1030. The van der Waals surface area contributed by atoms with Crippen molar-refractivity contribution >= 4 is 26.8 Å². The van der Waals surface area contributed by atoms with Crippen LogP contribution in [0.1, 0.15) is 10.4 Å². The molecule has 0 aliphatic carbocycles. The lowest BCUT2D eigenvalue weighted by Crippen LogP contribution is -2.10. The van der Waals surface area contributed by atoms with Gasteiger partial charge in [0.05, 0.1) is 0 Å². The Morgan fingerprint density at radius 2 is 1.70 bits per heavy atom. The van der Waals surface area contributed by atoms with Gasteiger partial charge in [-0.1, -0.05) is 42.5 Å². The summed E-state index contributed by atoms with van der Waals surface area (Å²) in [6.45, 7) is 0. The number of nitrogens with two attached hydrogens (primary N) is 1. The maximum Gasteiger partial charge on any atom is 0.295 e. The lowest BCUT2D eigenvalue weighted by molar-refractivity contribution is 0.100. The summed E-state index contributed by atoms with van der Waals surface area (Å²) in [4.78, 5) is 11.2. The van der Waals surface area contributed by atoms with Crippen molar-refractivity contribution in [1.29, 1.82) is 0 Å². The highest BCUT2D eigenvalue weighted by atomic mass is 32.2. The van der Waals surface area contributed by atoms with Crippen LogP contribution in [-0.4, -0.2) is 18.9 Å². The largest absolute Gasteiger partial charge is 0.366 e. The first-order valence-electron chi connectivity index (χ1n) is 6.77. The zero-order chi connectivity index (χ0) is 16.6. The molecule has 3 N–H and O–H groups in total. The van der Waals surface area contributed by atoms with E-state index in [0.717, 1.165) is 5.39 Å². The molecule has 0 atom stereocenters. The van der Waals surface area contributed by atoms with Crippen LogP contribution in [0.4, 0.5) is 0 Å². The van der Waals surface area contributed by atoms with Crippen LogP contribution < -0.4 is 5.73 Å². The fourth-order valence-electron chi connectivity index (χ4n) is 2.59. The second kappa shape index (κ2) is 5.49. The molecule has 0 fully saturated rings. The minimum Gasteiger partial charge on any atom is -0.366 e. The highest BCUT2D eigenvalue weighted by Crippen LogP contribution is 2.35. The minimum atomic E-state index is -4.42. The molecule has 3 aromatic rings. The summed E-state index contributed by atoms with van der Waals surface area (Å²) in [6, 6.07) is 16.5. The van der Waals surface area contributed by atoms with Gasteiger partial charge in [-0.3, -0.25) is 9.35 Å². The third-order valence-electron chi connectivity index (χ3n) is 3.60. The van der Waals surface area contributed by atoms with Gasteiger partial charge in [-0.15, -0.1) is 0 Å². The zero-order valence-electron chi connectivity index (χ0n) is 11.9. The molecule has 0 bridgehead atoms. The molecule has 0 aliphatic rings. The van der Waals surface area contributed by atoms with Crippen molar-refractivity contribution in [2.24, 2.45) is 5.73 Å². The molecule has 0 unspecified atom stereocenters. The topological polar surface area (TPSA) is 97.5 Å². The summed E-state index contributed by atoms with van der Waals surface area (Å²) in [6.07, 6.45) is 0. The quantitative estimate of drug-likeness (QED) is 0.723. The normalized spacial score (nSPS) is 11.5. The zero-order valence-corrected chi connectivity index (χ0v) is 12.7. The Morgan fingerprint density at radius 3 is 2.39 bits per heavy atom. The molecule has 0 radical (unpaired) electrons. The van der Waals surface area contributed by atoms with Crippen LogP contribution >= 0.6 is 0 Å². The number of hydrogen-bond donors (Lipinski definition) is 2. The van der Waals surface area contributed by atoms with Gasteiger partial charge < -0.3 is 5.73 Å². The van der Waals surface area contributed by atoms with Crippen molar-refractivity contribution in [2.75, 3.05) is 0 Å². The van der Waals surface area contributed by atoms with E-state index in [4.69, 9.17) is 5.73 Å². The van der Waals surface area contributed by atoms with E-state index < -0.39 is 16.0 Å². The van der Waals surface area contributed by atoms with Crippen molar-refractivity contribution in [3.63, 3.8) is 0 Å². The van der Waals surface area contributed by atoms with Crippen LogP contribution in [-0.2, 0) is 10.1 Å². The molecule has 1 amide bonds. The Kier molecular flexibility index (Phi) is 3.63. The van der Waals surface area contributed by atoms with Gasteiger partial charge in [-0.05, 0) is 34.5 Å². The smallest absolute Gasteiger partial charge is 0.295 e. The fraction of sp³-hybridized carbons (Fsp3) is 0. The lowest BCUT2D eigenvalue weighted by Gasteiger charge is -2.12. The highest BCUT2D eigenvalue weighted by molar-refractivity contribution is 7.86. The van der Waals surface area contributed by atoms with Gasteiger partial charge in [0, 0.05) is 11.1 Å². The number of benzene rings is 3. The molecule has 0 spiro atoms. The van der Waals surface area contributed by atoms with E-state index in [9.17, 15) is 17.8 Å². The second-order valence-electron chi connectivity index (χ2n) is 5.08. The standard InChI is InChI=1S/C17H13NO4S/c18-17(19)13-6-3-5-12(10-13)16-14-7-2-1-4-11(14)8-9-15(16)23(20,21)22/h1-10H,(H2,18,19)(H,20,21,22). The molecule has 0 heterocycles. The average molecular weight is 327 g/mol. The Morgan fingerprint density at radius 1 is 0.957 bits per heavy atom. The molecule has 5 nitrogen and oxygen atoms in total. The predicted octanol–water partition coefficient (Wildman–Crippen LogP) is 2.85. The monoisotopic (exact) mass is 327 g/mol. The van der Waals surface area contributed by atoms with E-state index in [1.807, 2.05) is 12.1 Å². The van der Waals surface area contributed by atoms with E-state index >= 15 is 0 Å². The number of carbonyl (C=O) groups excluding carboxylic acids is 1. The summed E-state index contributed by atoms with van der Waals surface area (Å²) in [7, 11) is -4.42. The summed E-state index contributed by atoms with van der Waals surface area (Å²) in [5.41, 5.74) is 6.38. The maximum absolute atomic E-state index is 11.8. The van der Waals surface area contributed by atoms with Crippen molar-refractivity contribution in [3.05, 3.63) is 66.2 Å². The van der Waals surface area contributed by atoms with E-state index in [1.165, 1.54) is 12.1 Å². The first-order valence-corrected chi connectivity index (χ1v) is 8.21. The average Bonchev–Trinajstić information content (AvgIpc) is 2.53. The Balaban J connectivity index is 2.43. The molecular weight excluding hydrogens is 314 g/mol. The first-order chi connectivity index (χ1) is 10.9. The number of primary amides is 1. The fourth-order valence-corrected chi connectivity index (χ4v) is 3.32. The predicted molar refractivity (Wildman–Crippen MR) is 87.7 cm³/mol. The Labute approximate surface area is 133 Å². The number of fused-ring (bicyclic) bond motifs is 1. The first kappa shape index (κ1) is 15.2. The molecule has 23 heavy (non-hydrogen) atoms. The van der Waals surface area contributed by atoms with Gasteiger partial charge >= 0.3 is 0 Å². The molecule has 0 saturated carbocycles. The van der Waals surface area contributed by atoms with Gasteiger partial charge in [0.25, 0.3) is 10.1 Å². The van der Waals surface area contributed by atoms with Gasteiger partial charge in [0.1, 0.15) is 4.90 Å². The molecule has 116 valence electrons.